The van der Waals surface area contributed by atoms with E-state index >= 15 is 0 Å². The van der Waals surface area contributed by atoms with Crippen molar-refractivity contribution in [2.24, 2.45) is 11.8 Å². The van der Waals surface area contributed by atoms with Crippen molar-refractivity contribution in [3.63, 3.8) is 0 Å². The van der Waals surface area contributed by atoms with Gasteiger partial charge in [0.15, 0.2) is 0 Å². The molecule has 0 aromatic carbocycles. The average molecular weight is 375 g/mol. The normalized spacial score (nSPS) is 34.8. The Kier molecular flexibility index (Phi) is 6.29. The number of β-amino-alcohol motifs (C(OH)–C–C–N with tert-alkyl or cyclic N) is 1. The fraction of sp³-hybridized carbons (Fsp3) is 0.812. The maximum atomic E-state index is 12.8. The second-order valence-electron chi connectivity index (χ2n) is 7.23. The number of hydrogen-bond donors (Lipinski definition) is 4. The summed E-state index contributed by atoms with van der Waals surface area (Å²) in [5.41, 5.74) is -0.832. The third kappa shape index (κ3) is 3.75. The number of urea groups is 1. The van der Waals surface area contributed by atoms with E-state index in [-0.39, 0.29) is 42.6 Å². The number of aliphatic hydroxyl groups excluding tert-OH is 1. The van der Waals surface area contributed by atoms with E-state index in [4.69, 9.17) is 0 Å². The summed E-state index contributed by atoms with van der Waals surface area (Å²) in [5, 5.41) is 18.3. The Morgan fingerprint density at radius 2 is 2.12 bits per heavy atom. The van der Waals surface area contributed by atoms with Gasteiger partial charge in [0.25, 0.3) is 5.91 Å². The number of nitrogens with zero attached hydrogens (tertiary/aromatic N) is 1. The highest BCUT2D eigenvalue weighted by Gasteiger charge is 2.55. The van der Waals surface area contributed by atoms with Crippen LogP contribution in [0.2, 0.25) is 0 Å². The summed E-state index contributed by atoms with van der Waals surface area (Å²) >= 11 is 0. The van der Waals surface area contributed by atoms with Gasteiger partial charge in [0, 0.05) is 25.6 Å². The van der Waals surface area contributed by atoms with Gasteiger partial charge in [-0.1, -0.05) is 19.8 Å². The molecule has 142 valence electrons. The van der Waals surface area contributed by atoms with E-state index < -0.39 is 17.7 Å². The molecule has 0 bridgehead atoms. The molecule has 0 aromatic rings. The fourth-order valence-corrected chi connectivity index (χ4v) is 4.01. The minimum absolute atomic E-state index is 0. The maximum Gasteiger partial charge on any atom is 0.325 e. The van der Waals surface area contributed by atoms with Crippen LogP contribution in [0, 0.1) is 11.8 Å². The van der Waals surface area contributed by atoms with Crippen LogP contribution in [0.4, 0.5) is 4.79 Å². The molecule has 9 heteroatoms. The topological polar surface area (TPSA) is 111 Å². The van der Waals surface area contributed by atoms with Crippen molar-refractivity contribution in [2.45, 2.75) is 44.2 Å². The zero-order valence-electron chi connectivity index (χ0n) is 14.4. The predicted octanol–water partition coefficient (Wildman–Crippen LogP) is -0.395. The summed E-state index contributed by atoms with van der Waals surface area (Å²) in [6.07, 6.45) is 3.02. The lowest BCUT2D eigenvalue weighted by Crippen LogP contribution is -2.54. The van der Waals surface area contributed by atoms with E-state index in [0.717, 1.165) is 24.2 Å². The number of amides is 4. The highest BCUT2D eigenvalue weighted by atomic mass is 35.5. The number of nitrogens with one attached hydrogen (secondary N) is 3. The van der Waals surface area contributed by atoms with Crippen molar-refractivity contribution in [1.82, 2.24) is 20.9 Å². The smallest absolute Gasteiger partial charge is 0.325 e. The third-order valence-corrected chi connectivity index (χ3v) is 5.67. The summed E-state index contributed by atoms with van der Waals surface area (Å²) < 4.78 is 0. The van der Waals surface area contributed by atoms with Crippen molar-refractivity contribution in [2.75, 3.05) is 26.2 Å². The lowest BCUT2D eigenvalue weighted by Gasteiger charge is -2.36. The molecule has 1 aliphatic carbocycles. The van der Waals surface area contributed by atoms with Gasteiger partial charge in [0.05, 0.1) is 6.10 Å². The van der Waals surface area contributed by atoms with E-state index in [1.165, 1.54) is 0 Å². The van der Waals surface area contributed by atoms with Crippen LogP contribution in [-0.4, -0.2) is 65.7 Å². The standard InChI is InChI=1S/C16H26N4O4.ClH/c1-10-4-2-3-5-16(10)14(23)20(15(24)19-16)9-13(22)18-7-11-6-17-8-12(11)21;/h10-12,17,21H,2-9H2,1H3,(H,18,22)(H,19,24);1H. The summed E-state index contributed by atoms with van der Waals surface area (Å²) in [5.74, 6) is -0.618. The van der Waals surface area contributed by atoms with Gasteiger partial charge >= 0.3 is 6.03 Å². The lowest BCUT2D eigenvalue weighted by atomic mass is 9.73. The van der Waals surface area contributed by atoms with Crippen LogP contribution >= 0.6 is 12.4 Å². The van der Waals surface area contributed by atoms with Crippen molar-refractivity contribution >= 4 is 30.3 Å². The largest absolute Gasteiger partial charge is 0.391 e. The van der Waals surface area contributed by atoms with Crippen molar-refractivity contribution < 1.29 is 19.5 Å². The number of carbonyl (C=O) groups is 3. The zero-order valence-corrected chi connectivity index (χ0v) is 15.2. The molecule has 2 aliphatic heterocycles. The summed E-state index contributed by atoms with van der Waals surface area (Å²) in [6.45, 7) is 3.21. The minimum atomic E-state index is -0.832. The first-order valence-corrected chi connectivity index (χ1v) is 8.73. The van der Waals surface area contributed by atoms with Gasteiger partial charge in [-0.15, -0.1) is 12.4 Å². The van der Waals surface area contributed by atoms with E-state index in [1.54, 1.807) is 0 Å². The Labute approximate surface area is 153 Å². The first-order chi connectivity index (χ1) is 11.4. The Morgan fingerprint density at radius 1 is 1.36 bits per heavy atom. The maximum absolute atomic E-state index is 12.8. The molecule has 4 amide bonds. The first kappa shape index (κ1) is 19.9. The van der Waals surface area contributed by atoms with Crippen LogP contribution in [0.25, 0.3) is 0 Å². The number of aliphatic hydroxyl groups is 1. The summed E-state index contributed by atoms with van der Waals surface area (Å²) in [6, 6.07) is -0.480. The highest BCUT2D eigenvalue weighted by Crippen LogP contribution is 2.38. The van der Waals surface area contributed by atoms with E-state index in [2.05, 4.69) is 16.0 Å². The fourth-order valence-electron chi connectivity index (χ4n) is 4.01. The van der Waals surface area contributed by atoms with Gasteiger partial charge in [0.1, 0.15) is 12.1 Å². The van der Waals surface area contributed by atoms with Crippen LogP contribution in [0.15, 0.2) is 0 Å². The van der Waals surface area contributed by atoms with Gasteiger partial charge in [-0.2, -0.15) is 0 Å². The highest BCUT2D eigenvalue weighted by molar-refractivity contribution is 6.09. The third-order valence-electron chi connectivity index (χ3n) is 5.67. The number of hydrogen-bond acceptors (Lipinski definition) is 5. The average Bonchev–Trinajstić information content (AvgIpc) is 3.06. The quantitative estimate of drug-likeness (QED) is 0.501. The van der Waals surface area contributed by atoms with Gasteiger partial charge in [-0.25, -0.2) is 4.79 Å². The van der Waals surface area contributed by atoms with Crippen LogP contribution in [0.3, 0.4) is 0 Å². The van der Waals surface area contributed by atoms with Crippen LogP contribution < -0.4 is 16.0 Å². The number of imide groups is 1. The molecule has 3 fully saturated rings. The van der Waals surface area contributed by atoms with E-state index in [0.29, 0.717) is 26.1 Å². The predicted molar refractivity (Wildman–Crippen MR) is 93.2 cm³/mol. The number of carbonyl (C=O) groups excluding carboxylic acids is 3. The molecule has 2 heterocycles. The second kappa shape index (κ2) is 7.88. The Morgan fingerprint density at radius 3 is 2.76 bits per heavy atom. The zero-order chi connectivity index (χ0) is 17.3. The van der Waals surface area contributed by atoms with Crippen molar-refractivity contribution in [1.29, 1.82) is 0 Å². The molecule has 0 radical (unpaired) electrons. The molecule has 0 aromatic heterocycles. The summed E-state index contributed by atoms with van der Waals surface area (Å²) in [7, 11) is 0. The number of rotatable bonds is 4. The molecule has 3 aliphatic rings. The molecule has 1 saturated carbocycles. The van der Waals surface area contributed by atoms with Gasteiger partial charge < -0.3 is 21.1 Å². The minimum Gasteiger partial charge on any atom is -0.391 e. The second-order valence-corrected chi connectivity index (χ2v) is 7.23. The Balaban J connectivity index is 0.00000225. The Hall–Kier alpha value is -1.38. The van der Waals surface area contributed by atoms with Crippen molar-refractivity contribution in [3.05, 3.63) is 0 Å². The molecule has 4 unspecified atom stereocenters. The molecule has 4 atom stereocenters. The van der Waals surface area contributed by atoms with E-state index in [9.17, 15) is 19.5 Å². The van der Waals surface area contributed by atoms with Crippen LogP contribution in [-0.2, 0) is 9.59 Å². The summed E-state index contributed by atoms with van der Waals surface area (Å²) in [4.78, 5) is 38.1. The molecule has 3 rings (SSSR count). The lowest BCUT2D eigenvalue weighted by molar-refractivity contribution is -0.137. The first-order valence-electron chi connectivity index (χ1n) is 8.73. The molecule has 8 nitrogen and oxygen atoms in total. The van der Waals surface area contributed by atoms with E-state index in [1.807, 2.05) is 6.92 Å². The molecular weight excluding hydrogens is 348 g/mol. The molecule has 25 heavy (non-hydrogen) atoms. The SMILES string of the molecule is CC1CCCCC12NC(=O)N(CC(=O)NCC1CNCC1O)C2=O.Cl. The van der Waals surface area contributed by atoms with Gasteiger partial charge in [0.2, 0.25) is 5.91 Å². The van der Waals surface area contributed by atoms with Gasteiger partial charge in [-0.05, 0) is 18.8 Å². The van der Waals surface area contributed by atoms with Gasteiger partial charge in [-0.3, -0.25) is 14.5 Å². The number of halogens is 1. The molecule has 4 N–H and O–H groups in total. The Bertz CT molecular complexity index is 546. The molecular formula is C16H27ClN4O4. The van der Waals surface area contributed by atoms with Crippen LogP contribution in [0.1, 0.15) is 32.6 Å². The molecule has 1 spiro atoms. The van der Waals surface area contributed by atoms with Crippen LogP contribution in [0.5, 0.6) is 0 Å². The molecule has 2 saturated heterocycles. The monoisotopic (exact) mass is 374 g/mol. The van der Waals surface area contributed by atoms with Crippen molar-refractivity contribution in [3.8, 4) is 0 Å².